The molecule has 1 aromatic rings. The molecule has 78 valence electrons. The van der Waals surface area contributed by atoms with E-state index in [4.69, 9.17) is 22.0 Å². The molecule has 0 saturated heterocycles. The van der Waals surface area contributed by atoms with Crippen molar-refractivity contribution in [3.05, 3.63) is 34.3 Å². The minimum atomic E-state index is -1.09. The predicted octanol–water partition coefficient (Wildman–Crippen LogP) is 2.42. The van der Waals surface area contributed by atoms with Crippen molar-refractivity contribution in [3.8, 4) is 6.07 Å². The first-order chi connectivity index (χ1) is 7.04. The molecule has 4 heteroatoms. The zero-order chi connectivity index (χ0) is 11.4. The molecule has 0 aliphatic carbocycles. The van der Waals surface area contributed by atoms with Crippen LogP contribution in [-0.4, -0.2) is 11.1 Å². The zero-order valence-electron chi connectivity index (χ0n) is 8.20. The van der Waals surface area contributed by atoms with Gasteiger partial charge >= 0.3 is 5.97 Å². The van der Waals surface area contributed by atoms with Crippen LogP contribution in [0.25, 0.3) is 0 Å². The first-order valence-corrected chi connectivity index (χ1v) is 4.80. The van der Waals surface area contributed by atoms with Gasteiger partial charge in [-0.15, -0.1) is 0 Å². The van der Waals surface area contributed by atoms with Crippen molar-refractivity contribution >= 4 is 17.6 Å². The molecule has 1 rings (SSSR count). The molecule has 0 aliphatic rings. The largest absolute Gasteiger partial charge is 0.480 e. The van der Waals surface area contributed by atoms with Crippen molar-refractivity contribution in [1.82, 2.24) is 0 Å². The fourth-order valence-electron chi connectivity index (χ4n) is 1.26. The minimum absolute atomic E-state index is 0.212. The fraction of sp³-hybridized carbons (Fsp3) is 0.273. The molecule has 0 amide bonds. The van der Waals surface area contributed by atoms with Crippen LogP contribution in [0.15, 0.2) is 18.2 Å². The van der Waals surface area contributed by atoms with Crippen LogP contribution in [0, 0.1) is 24.2 Å². The van der Waals surface area contributed by atoms with Gasteiger partial charge < -0.3 is 5.11 Å². The lowest BCUT2D eigenvalue weighted by Crippen LogP contribution is -2.14. The predicted molar refractivity (Wildman–Crippen MR) is 56.6 cm³/mol. The lowest BCUT2D eigenvalue weighted by atomic mass is 9.99. The first kappa shape index (κ1) is 11.5. The Balaban J connectivity index is 2.86. The molecule has 0 fully saturated rings. The highest BCUT2D eigenvalue weighted by Crippen LogP contribution is 2.18. The number of hydrogen-bond acceptors (Lipinski definition) is 2. The Hall–Kier alpha value is -1.53. The molecule has 1 N–H and O–H groups in total. The molecule has 0 heterocycles. The third kappa shape index (κ3) is 2.97. The van der Waals surface area contributed by atoms with Crippen LogP contribution in [-0.2, 0) is 11.2 Å². The van der Waals surface area contributed by atoms with Crippen molar-refractivity contribution in [2.24, 2.45) is 5.92 Å². The van der Waals surface area contributed by atoms with Gasteiger partial charge in [-0.1, -0.05) is 23.7 Å². The molecule has 1 aromatic carbocycles. The number of carbonyl (C=O) groups is 1. The van der Waals surface area contributed by atoms with Crippen molar-refractivity contribution in [2.75, 3.05) is 0 Å². The van der Waals surface area contributed by atoms with Crippen molar-refractivity contribution in [3.63, 3.8) is 0 Å². The van der Waals surface area contributed by atoms with E-state index in [2.05, 4.69) is 0 Å². The Labute approximate surface area is 92.9 Å². The van der Waals surface area contributed by atoms with E-state index in [-0.39, 0.29) is 6.42 Å². The molecule has 0 saturated carbocycles. The lowest BCUT2D eigenvalue weighted by molar-refractivity contribution is -0.139. The van der Waals surface area contributed by atoms with Gasteiger partial charge in [-0.2, -0.15) is 5.26 Å². The molecular formula is C11H10ClNO2. The van der Waals surface area contributed by atoms with Crippen LogP contribution < -0.4 is 0 Å². The van der Waals surface area contributed by atoms with Crippen LogP contribution in [0.3, 0.4) is 0 Å². The van der Waals surface area contributed by atoms with Gasteiger partial charge in [0.25, 0.3) is 0 Å². The normalized spacial score (nSPS) is 11.8. The van der Waals surface area contributed by atoms with E-state index < -0.39 is 11.9 Å². The highest BCUT2D eigenvalue weighted by molar-refractivity contribution is 6.31. The Morgan fingerprint density at radius 3 is 2.80 bits per heavy atom. The number of benzene rings is 1. The number of carboxylic acids is 1. The number of aliphatic carboxylic acids is 1. The number of halogens is 1. The second-order valence-corrected chi connectivity index (χ2v) is 3.71. The second kappa shape index (κ2) is 4.81. The van der Waals surface area contributed by atoms with Crippen LogP contribution in [0.2, 0.25) is 5.02 Å². The third-order valence-electron chi connectivity index (χ3n) is 2.12. The third-order valence-corrected chi connectivity index (χ3v) is 2.54. The zero-order valence-corrected chi connectivity index (χ0v) is 8.95. The topological polar surface area (TPSA) is 61.1 Å². The molecule has 0 aliphatic heterocycles. The maximum atomic E-state index is 10.6. The summed E-state index contributed by atoms with van der Waals surface area (Å²) < 4.78 is 0. The molecule has 1 atom stereocenters. The summed E-state index contributed by atoms with van der Waals surface area (Å²) in [7, 11) is 0. The molecule has 15 heavy (non-hydrogen) atoms. The van der Waals surface area contributed by atoms with Crippen LogP contribution >= 0.6 is 11.6 Å². The smallest absolute Gasteiger partial charge is 0.321 e. The molecule has 0 radical (unpaired) electrons. The van der Waals surface area contributed by atoms with Gasteiger partial charge in [0.05, 0.1) is 6.07 Å². The molecule has 0 spiro atoms. The number of hydrogen-bond donors (Lipinski definition) is 1. The van der Waals surface area contributed by atoms with Gasteiger partial charge in [0.15, 0.2) is 0 Å². The summed E-state index contributed by atoms with van der Waals surface area (Å²) in [5.41, 5.74) is 1.70. The minimum Gasteiger partial charge on any atom is -0.480 e. The quantitative estimate of drug-likeness (QED) is 0.856. The van der Waals surface area contributed by atoms with Gasteiger partial charge in [0.2, 0.25) is 0 Å². The van der Waals surface area contributed by atoms with E-state index in [0.29, 0.717) is 5.02 Å². The molecular weight excluding hydrogens is 214 g/mol. The fourth-order valence-corrected chi connectivity index (χ4v) is 1.38. The van der Waals surface area contributed by atoms with E-state index in [1.54, 1.807) is 24.3 Å². The van der Waals surface area contributed by atoms with Crippen LogP contribution in [0.4, 0.5) is 0 Å². The number of nitrogens with zero attached hydrogens (tertiary/aromatic N) is 1. The summed E-state index contributed by atoms with van der Waals surface area (Å²) in [6, 6.07) is 7.00. The Morgan fingerprint density at radius 2 is 2.33 bits per heavy atom. The summed E-state index contributed by atoms with van der Waals surface area (Å²) in [5.74, 6) is -2.09. The number of rotatable bonds is 3. The van der Waals surface area contributed by atoms with E-state index in [0.717, 1.165) is 11.1 Å². The van der Waals surface area contributed by atoms with Gasteiger partial charge in [-0.05, 0) is 30.5 Å². The average Bonchev–Trinajstić information content (AvgIpc) is 2.19. The Morgan fingerprint density at radius 1 is 1.67 bits per heavy atom. The summed E-state index contributed by atoms with van der Waals surface area (Å²) in [4.78, 5) is 10.6. The number of nitriles is 1. The van der Waals surface area contributed by atoms with Crippen molar-refractivity contribution in [2.45, 2.75) is 13.3 Å². The van der Waals surface area contributed by atoms with E-state index in [9.17, 15) is 4.79 Å². The second-order valence-electron chi connectivity index (χ2n) is 3.31. The Kier molecular flexibility index (Phi) is 3.70. The number of carboxylic acid groups (broad SMARTS) is 1. The van der Waals surface area contributed by atoms with Crippen molar-refractivity contribution < 1.29 is 9.90 Å². The standard InChI is InChI=1S/C11H10ClNO2/c1-7-4-8(2-3-10(7)12)5-9(6-13)11(14)15/h2-4,9H,5H2,1H3,(H,14,15). The summed E-state index contributed by atoms with van der Waals surface area (Å²) in [5, 5.41) is 18.0. The highest BCUT2D eigenvalue weighted by atomic mass is 35.5. The molecule has 3 nitrogen and oxygen atoms in total. The summed E-state index contributed by atoms with van der Waals surface area (Å²) >= 11 is 5.83. The monoisotopic (exact) mass is 223 g/mol. The summed E-state index contributed by atoms with van der Waals surface area (Å²) in [6.45, 7) is 1.84. The lowest BCUT2D eigenvalue weighted by Gasteiger charge is -2.05. The van der Waals surface area contributed by atoms with Crippen LogP contribution in [0.1, 0.15) is 11.1 Å². The molecule has 0 aromatic heterocycles. The van der Waals surface area contributed by atoms with Gasteiger partial charge in [-0.3, -0.25) is 4.79 Å². The molecule has 1 unspecified atom stereocenters. The van der Waals surface area contributed by atoms with E-state index in [1.807, 2.05) is 6.92 Å². The maximum absolute atomic E-state index is 10.6. The van der Waals surface area contributed by atoms with Gasteiger partial charge in [0.1, 0.15) is 5.92 Å². The Bertz CT molecular complexity index is 423. The van der Waals surface area contributed by atoms with E-state index in [1.165, 1.54) is 0 Å². The SMILES string of the molecule is Cc1cc(CC(C#N)C(=O)O)ccc1Cl. The van der Waals surface area contributed by atoms with E-state index >= 15 is 0 Å². The van der Waals surface area contributed by atoms with Crippen LogP contribution in [0.5, 0.6) is 0 Å². The van der Waals surface area contributed by atoms with Crippen molar-refractivity contribution in [1.29, 1.82) is 5.26 Å². The first-order valence-electron chi connectivity index (χ1n) is 4.42. The van der Waals surface area contributed by atoms with Gasteiger partial charge in [-0.25, -0.2) is 0 Å². The van der Waals surface area contributed by atoms with Gasteiger partial charge in [0, 0.05) is 5.02 Å². The summed E-state index contributed by atoms with van der Waals surface area (Å²) in [6.07, 6.45) is 0.212. The average molecular weight is 224 g/mol. The maximum Gasteiger partial charge on any atom is 0.321 e. The highest BCUT2D eigenvalue weighted by Gasteiger charge is 2.16. The molecule has 0 bridgehead atoms. The number of aryl methyl sites for hydroxylation is 1.